The molecule has 1 aliphatic rings. The highest BCUT2D eigenvalue weighted by Crippen LogP contribution is 2.42. The Labute approximate surface area is 154 Å². The lowest BCUT2D eigenvalue weighted by Crippen LogP contribution is -2.49. The van der Waals surface area contributed by atoms with Crippen LogP contribution in [0.2, 0.25) is 0 Å². The highest BCUT2D eigenvalue weighted by Gasteiger charge is 2.44. The predicted octanol–water partition coefficient (Wildman–Crippen LogP) is 1.00. The van der Waals surface area contributed by atoms with Gasteiger partial charge in [-0.3, -0.25) is 14.9 Å². The molecule has 2 heterocycles. The van der Waals surface area contributed by atoms with Crippen molar-refractivity contribution in [3.05, 3.63) is 24.2 Å². The largest absolute Gasteiger partial charge is 0.466 e. The Kier molecular flexibility index (Phi) is 6.30. The lowest BCUT2D eigenvalue weighted by molar-refractivity contribution is -0.164. The first-order valence-corrected chi connectivity index (χ1v) is 9.02. The Hall–Kier alpha value is -2.49. The Morgan fingerprint density at radius 1 is 1.38 bits per heavy atom. The van der Waals surface area contributed by atoms with Gasteiger partial charge in [-0.25, -0.2) is 9.59 Å². The van der Waals surface area contributed by atoms with Crippen LogP contribution in [0.5, 0.6) is 0 Å². The molecule has 1 aromatic rings. The lowest BCUT2D eigenvalue weighted by Gasteiger charge is -2.28. The van der Waals surface area contributed by atoms with Crippen LogP contribution in [0.4, 0.5) is 4.79 Å². The summed E-state index contributed by atoms with van der Waals surface area (Å²) in [5, 5.41) is 1.46. The molecule has 0 bridgehead atoms. The van der Waals surface area contributed by atoms with Crippen LogP contribution in [0.3, 0.4) is 0 Å². The number of rotatable bonds is 5. The van der Waals surface area contributed by atoms with E-state index in [2.05, 4.69) is 0 Å². The summed E-state index contributed by atoms with van der Waals surface area (Å²) in [7, 11) is 0. The van der Waals surface area contributed by atoms with Crippen molar-refractivity contribution in [3.63, 3.8) is 0 Å². The van der Waals surface area contributed by atoms with Crippen LogP contribution in [0, 0.1) is 5.92 Å². The lowest BCUT2D eigenvalue weighted by atomic mass is 10.1. The van der Waals surface area contributed by atoms with Gasteiger partial charge < -0.3 is 19.8 Å². The zero-order valence-electron chi connectivity index (χ0n) is 14.6. The van der Waals surface area contributed by atoms with E-state index in [-0.39, 0.29) is 11.8 Å². The van der Waals surface area contributed by atoms with E-state index >= 15 is 0 Å². The molecule has 0 radical (unpaired) electrons. The van der Waals surface area contributed by atoms with E-state index in [0.717, 1.165) is 0 Å². The maximum Gasteiger partial charge on any atom is 0.330 e. The van der Waals surface area contributed by atoms with Crippen LogP contribution < -0.4 is 11.1 Å². The van der Waals surface area contributed by atoms with Crippen molar-refractivity contribution < 1.29 is 28.3 Å². The summed E-state index contributed by atoms with van der Waals surface area (Å²) in [6.45, 7) is 4.68. The maximum absolute atomic E-state index is 12.6. The van der Waals surface area contributed by atoms with Crippen LogP contribution in [0.25, 0.3) is 0 Å². The first-order valence-electron chi connectivity index (χ1n) is 7.97. The van der Waals surface area contributed by atoms with Gasteiger partial charge in [0.25, 0.3) is 5.91 Å². The van der Waals surface area contributed by atoms with Gasteiger partial charge in [0.15, 0.2) is 6.10 Å². The Balaban J connectivity index is 2.15. The molecular weight excluding hydrogens is 362 g/mol. The summed E-state index contributed by atoms with van der Waals surface area (Å²) in [5.41, 5.74) is 4.94. The van der Waals surface area contributed by atoms with E-state index < -0.39 is 35.4 Å². The number of imide groups is 1. The monoisotopic (exact) mass is 383 g/mol. The molecule has 1 aromatic heterocycles. The maximum atomic E-state index is 12.6. The number of esters is 1. The average Bonchev–Trinajstić information content (AvgIpc) is 3.19. The molecule has 0 saturated carbocycles. The fourth-order valence-corrected chi connectivity index (χ4v) is 4.03. The second-order valence-electron chi connectivity index (χ2n) is 6.10. The topological polar surface area (TPSA) is 132 Å². The van der Waals surface area contributed by atoms with Crippen LogP contribution in [-0.4, -0.2) is 46.6 Å². The van der Waals surface area contributed by atoms with Crippen molar-refractivity contribution in [1.29, 1.82) is 0 Å². The molecular formula is C16H21N3O6S. The molecule has 9 nitrogen and oxygen atoms in total. The summed E-state index contributed by atoms with van der Waals surface area (Å²) < 4.78 is 10.7. The molecule has 2 rings (SSSR count). The minimum Gasteiger partial charge on any atom is -0.466 e. The molecule has 3 N–H and O–H groups in total. The van der Waals surface area contributed by atoms with Gasteiger partial charge in [-0.05, 0) is 18.1 Å². The Bertz CT molecular complexity index is 690. The normalized spacial score (nSPS) is 20.7. The van der Waals surface area contributed by atoms with Gasteiger partial charge in [0.1, 0.15) is 17.2 Å². The minimum absolute atomic E-state index is 0.298. The molecule has 4 amide bonds. The van der Waals surface area contributed by atoms with Gasteiger partial charge in [0.05, 0.1) is 6.26 Å². The first kappa shape index (κ1) is 19.8. The van der Waals surface area contributed by atoms with Crippen LogP contribution in [0.15, 0.2) is 22.8 Å². The number of nitrogens with one attached hydrogen (secondary N) is 1. The number of nitrogens with zero attached hydrogens (tertiary/aromatic N) is 1. The third kappa shape index (κ3) is 4.37. The SMILES string of the molecule is CC(=O)N1[C@@H](c2ccco2)SC[C@H]1C(=O)O[C@@H](C(=O)NC(N)=O)C(C)C. The Morgan fingerprint density at radius 3 is 2.58 bits per heavy atom. The minimum atomic E-state index is -1.20. The summed E-state index contributed by atoms with van der Waals surface area (Å²) >= 11 is 1.36. The van der Waals surface area contributed by atoms with Crippen molar-refractivity contribution in [3.8, 4) is 0 Å². The van der Waals surface area contributed by atoms with E-state index in [9.17, 15) is 19.2 Å². The summed E-state index contributed by atoms with van der Waals surface area (Å²) in [6, 6.07) is 1.52. The van der Waals surface area contributed by atoms with Gasteiger partial charge in [-0.2, -0.15) is 0 Å². The highest BCUT2D eigenvalue weighted by atomic mass is 32.2. The number of furan rings is 1. The van der Waals surface area contributed by atoms with E-state index in [1.165, 1.54) is 29.8 Å². The quantitative estimate of drug-likeness (QED) is 0.725. The number of primary amides is 1. The van der Waals surface area contributed by atoms with E-state index in [1.807, 2.05) is 5.32 Å². The molecule has 142 valence electrons. The van der Waals surface area contributed by atoms with Crippen LogP contribution in [0.1, 0.15) is 31.9 Å². The van der Waals surface area contributed by atoms with Gasteiger partial charge >= 0.3 is 12.0 Å². The number of hydrogen-bond donors (Lipinski definition) is 2. The van der Waals surface area contributed by atoms with Crippen LogP contribution in [-0.2, 0) is 19.1 Å². The number of urea groups is 1. The summed E-state index contributed by atoms with van der Waals surface area (Å²) in [5.74, 6) is -1.39. The average molecular weight is 383 g/mol. The zero-order valence-corrected chi connectivity index (χ0v) is 15.4. The molecule has 1 saturated heterocycles. The number of nitrogens with two attached hydrogens (primary N) is 1. The highest BCUT2D eigenvalue weighted by molar-refractivity contribution is 7.99. The smallest absolute Gasteiger partial charge is 0.330 e. The second kappa shape index (κ2) is 8.26. The van der Waals surface area contributed by atoms with Crippen molar-refractivity contribution in [2.45, 2.75) is 38.3 Å². The molecule has 0 aromatic carbocycles. The summed E-state index contributed by atoms with van der Waals surface area (Å²) in [4.78, 5) is 49.0. The van der Waals surface area contributed by atoms with Gasteiger partial charge in [-0.1, -0.05) is 13.8 Å². The third-order valence-electron chi connectivity index (χ3n) is 3.78. The molecule has 26 heavy (non-hydrogen) atoms. The van der Waals surface area contributed by atoms with E-state index in [1.54, 1.807) is 26.0 Å². The first-order chi connectivity index (χ1) is 12.2. The number of thioether (sulfide) groups is 1. The number of carbonyl (C=O) groups is 4. The molecule has 10 heteroatoms. The van der Waals surface area contributed by atoms with Gasteiger partial charge in [0, 0.05) is 12.7 Å². The van der Waals surface area contributed by atoms with E-state index in [4.69, 9.17) is 14.9 Å². The fourth-order valence-electron chi connectivity index (χ4n) is 2.61. The number of amides is 4. The van der Waals surface area contributed by atoms with Crippen molar-refractivity contribution >= 4 is 35.6 Å². The molecule has 1 aliphatic heterocycles. The zero-order chi connectivity index (χ0) is 19.4. The third-order valence-corrected chi connectivity index (χ3v) is 5.06. The molecule has 3 atom stereocenters. The fraction of sp³-hybridized carbons (Fsp3) is 0.500. The number of hydrogen-bond acceptors (Lipinski definition) is 7. The second-order valence-corrected chi connectivity index (χ2v) is 7.21. The van der Waals surface area contributed by atoms with Gasteiger partial charge in [0.2, 0.25) is 5.91 Å². The molecule has 0 aliphatic carbocycles. The standard InChI is InChI=1S/C16H21N3O6S/c1-8(2)12(13(21)18-16(17)23)25-15(22)10-7-26-14(19(10)9(3)20)11-5-4-6-24-11/h4-6,8,10,12,14H,7H2,1-3H3,(H3,17,18,21,23)/t10-,12+,14+/m0/s1. The van der Waals surface area contributed by atoms with Crippen molar-refractivity contribution in [2.75, 3.05) is 5.75 Å². The van der Waals surface area contributed by atoms with Crippen LogP contribution >= 0.6 is 11.8 Å². The van der Waals surface area contributed by atoms with Crippen molar-refractivity contribution in [1.82, 2.24) is 10.2 Å². The Morgan fingerprint density at radius 2 is 2.08 bits per heavy atom. The van der Waals surface area contributed by atoms with Gasteiger partial charge in [-0.15, -0.1) is 11.8 Å². The molecule has 1 fully saturated rings. The summed E-state index contributed by atoms with van der Waals surface area (Å²) in [6.07, 6.45) is 0.291. The molecule has 0 spiro atoms. The number of ether oxygens (including phenoxy) is 1. The van der Waals surface area contributed by atoms with Crippen molar-refractivity contribution in [2.24, 2.45) is 11.7 Å². The number of carbonyl (C=O) groups excluding carboxylic acids is 4. The predicted molar refractivity (Wildman–Crippen MR) is 92.7 cm³/mol. The molecule has 0 unspecified atom stereocenters. The van der Waals surface area contributed by atoms with E-state index in [0.29, 0.717) is 11.5 Å².